The van der Waals surface area contributed by atoms with E-state index in [-0.39, 0.29) is 0 Å². The Balaban J connectivity index is 2.21. The molecular formula is C8H9N5O2S2. The largest absolute Gasteiger partial charge is 0.343 e. The normalized spacial score (nSPS) is 10.2. The topological polar surface area (TPSA) is 87.5 Å². The average molecular weight is 271 g/mol. The standard InChI is InChI=1S/C8H9N5O2S2/c1-4-5(6(14)10-11-7(15)12-16)13-2-3-17-8(13)9-4/h2-3,16H,1H3,(H,10,14)(H2,11,12,15). The summed E-state index contributed by atoms with van der Waals surface area (Å²) in [6, 6.07) is -0.620. The van der Waals surface area contributed by atoms with Crippen LogP contribution < -0.4 is 15.6 Å². The first kappa shape index (κ1) is 11.7. The summed E-state index contributed by atoms with van der Waals surface area (Å²) in [6.07, 6.45) is 1.74. The first-order chi connectivity index (χ1) is 8.13. The molecule has 3 amide bonds. The molecule has 2 aromatic heterocycles. The molecule has 17 heavy (non-hydrogen) atoms. The van der Waals surface area contributed by atoms with Crippen LogP contribution in [0.15, 0.2) is 11.6 Å². The van der Waals surface area contributed by atoms with E-state index in [0.29, 0.717) is 11.4 Å². The predicted molar refractivity (Wildman–Crippen MR) is 65.9 cm³/mol. The molecule has 2 aromatic rings. The molecule has 2 heterocycles. The van der Waals surface area contributed by atoms with E-state index in [2.05, 4.69) is 28.7 Å². The van der Waals surface area contributed by atoms with Gasteiger partial charge in [-0.1, -0.05) is 12.8 Å². The van der Waals surface area contributed by atoms with Gasteiger partial charge in [0, 0.05) is 11.6 Å². The highest BCUT2D eigenvalue weighted by molar-refractivity contribution is 7.78. The molecule has 3 N–H and O–H groups in total. The molecule has 0 unspecified atom stereocenters. The lowest BCUT2D eigenvalue weighted by Gasteiger charge is -2.05. The molecule has 0 fully saturated rings. The number of hydrogen-bond acceptors (Lipinski definition) is 5. The van der Waals surface area contributed by atoms with E-state index in [0.717, 1.165) is 4.96 Å². The lowest BCUT2D eigenvalue weighted by molar-refractivity contribution is 0.0930. The molecular weight excluding hydrogens is 262 g/mol. The fourth-order valence-corrected chi connectivity index (χ4v) is 2.18. The van der Waals surface area contributed by atoms with Gasteiger partial charge in [0.2, 0.25) is 0 Å². The van der Waals surface area contributed by atoms with Gasteiger partial charge in [0.15, 0.2) is 4.96 Å². The number of thiol groups is 1. The summed E-state index contributed by atoms with van der Waals surface area (Å²) in [4.78, 5) is 27.6. The highest BCUT2D eigenvalue weighted by Gasteiger charge is 2.17. The van der Waals surface area contributed by atoms with E-state index in [9.17, 15) is 9.59 Å². The minimum Gasteiger partial charge on any atom is -0.286 e. The van der Waals surface area contributed by atoms with Crippen molar-refractivity contribution in [3.05, 3.63) is 23.0 Å². The first-order valence-electron chi connectivity index (χ1n) is 4.56. The molecule has 0 atom stereocenters. The van der Waals surface area contributed by atoms with E-state index < -0.39 is 11.9 Å². The Hall–Kier alpha value is -1.74. The molecule has 0 aliphatic heterocycles. The van der Waals surface area contributed by atoms with Gasteiger partial charge >= 0.3 is 6.03 Å². The number of carbonyl (C=O) groups is 2. The number of imidazole rings is 1. The van der Waals surface area contributed by atoms with Crippen LogP contribution in [0.1, 0.15) is 16.2 Å². The second-order valence-electron chi connectivity index (χ2n) is 3.12. The van der Waals surface area contributed by atoms with Gasteiger partial charge < -0.3 is 0 Å². The molecule has 7 nitrogen and oxygen atoms in total. The van der Waals surface area contributed by atoms with Crippen molar-refractivity contribution in [1.29, 1.82) is 0 Å². The summed E-state index contributed by atoms with van der Waals surface area (Å²) in [5.41, 5.74) is 5.38. The molecule has 0 aliphatic carbocycles. The zero-order valence-electron chi connectivity index (χ0n) is 8.72. The number of carbonyl (C=O) groups excluding carboxylic acids is 2. The quantitative estimate of drug-likeness (QED) is 0.450. The zero-order chi connectivity index (χ0) is 12.4. The number of fused-ring (bicyclic) bond motifs is 1. The fourth-order valence-electron chi connectivity index (χ4n) is 1.37. The summed E-state index contributed by atoms with van der Waals surface area (Å²) in [7, 11) is 0. The van der Waals surface area contributed by atoms with Gasteiger partial charge in [0.25, 0.3) is 5.91 Å². The SMILES string of the molecule is Cc1nc2sccn2c1C(=O)NNC(=O)NS. The average Bonchev–Trinajstić information content (AvgIpc) is 2.84. The first-order valence-corrected chi connectivity index (χ1v) is 5.88. The summed E-state index contributed by atoms with van der Waals surface area (Å²) in [5, 5.41) is 1.83. The van der Waals surface area contributed by atoms with Crippen molar-refractivity contribution in [2.75, 3.05) is 0 Å². The van der Waals surface area contributed by atoms with Crippen molar-refractivity contribution in [2.45, 2.75) is 6.92 Å². The Bertz CT molecular complexity index is 575. The third-order valence-corrected chi connectivity index (χ3v) is 3.00. The van der Waals surface area contributed by atoms with Gasteiger partial charge in [-0.2, -0.15) is 0 Å². The second-order valence-corrected chi connectivity index (χ2v) is 4.22. The number of nitrogens with one attached hydrogen (secondary N) is 3. The number of urea groups is 1. The van der Waals surface area contributed by atoms with Gasteiger partial charge in [-0.05, 0) is 6.92 Å². The van der Waals surface area contributed by atoms with Crippen molar-refractivity contribution >= 4 is 41.1 Å². The molecule has 9 heteroatoms. The highest BCUT2D eigenvalue weighted by Crippen LogP contribution is 2.16. The number of rotatable bonds is 1. The van der Waals surface area contributed by atoms with Gasteiger partial charge in [-0.25, -0.2) is 15.2 Å². The van der Waals surface area contributed by atoms with Crippen LogP contribution in [0.3, 0.4) is 0 Å². The number of nitrogens with zero attached hydrogens (tertiary/aromatic N) is 2. The third kappa shape index (κ3) is 2.19. The Morgan fingerprint density at radius 1 is 1.47 bits per heavy atom. The van der Waals surface area contributed by atoms with Crippen molar-refractivity contribution in [3.63, 3.8) is 0 Å². The van der Waals surface area contributed by atoms with E-state index in [1.165, 1.54) is 11.3 Å². The van der Waals surface area contributed by atoms with Crippen LogP contribution in [0, 0.1) is 6.92 Å². The van der Waals surface area contributed by atoms with Crippen molar-refractivity contribution < 1.29 is 9.59 Å². The number of thiazole rings is 1. The summed E-state index contributed by atoms with van der Waals surface area (Å²) in [5.74, 6) is -0.440. The van der Waals surface area contributed by atoms with Crippen molar-refractivity contribution in [2.24, 2.45) is 0 Å². The Kier molecular flexibility index (Phi) is 3.20. The lowest BCUT2D eigenvalue weighted by atomic mass is 10.3. The maximum Gasteiger partial charge on any atom is 0.343 e. The molecule has 0 saturated heterocycles. The number of hydrazine groups is 1. The molecule has 2 rings (SSSR count). The molecule has 0 spiro atoms. The number of hydrogen-bond donors (Lipinski definition) is 4. The molecule has 90 valence electrons. The lowest BCUT2D eigenvalue weighted by Crippen LogP contribution is -2.45. The Labute approximate surface area is 106 Å². The second kappa shape index (κ2) is 4.63. The minimum absolute atomic E-state index is 0.390. The third-order valence-electron chi connectivity index (χ3n) is 2.04. The van der Waals surface area contributed by atoms with E-state index in [1.54, 1.807) is 17.5 Å². The zero-order valence-corrected chi connectivity index (χ0v) is 10.4. The van der Waals surface area contributed by atoms with Crippen LogP contribution in [0.25, 0.3) is 4.96 Å². The number of aromatic nitrogens is 2. The Morgan fingerprint density at radius 2 is 2.24 bits per heavy atom. The van der Waals surface area contributed by atoms with Gasteiger partial charge in [0.1, 0.15) is 5.69 Å². The van der Waals surface area contributed by atoms with E-state index in [4.69, 9.17) is 0 Å². The van der Waals surface area contributed by atoms with Crippen LogP contribution in [-0.4, -0.2) is 21.3 Å². The molecule has 0 aliphatic rings. The summed E-state index contributed by atoms with van der Waals surface area (Å²) >= 11 is 4.96. The Morgan fingerprint density at radius 3 is 2.94 bits per heavy atom. The summed E-state index contributed by atoms with van der Waals surface area (Å²) < 4.78 is 3.68. The van der Waals surface area contributed by atoms with Crippen LogP contribution in [0.2, 0.25) is 0 Å². The van der Waals surface area contributed by atoms with Crippen molar-refractivity contribution in [3.8, 4) is 0 Å². The molecule has 0 aromatic carbocycles. The monoisotopic (exact) mass is 271 g/mol. The van der Waals surface area contributed by atoms with E-state index >= 15 is 0 Å². The summed E-state index contributed by atoms with van der Waals surface area (Å²) in [6.45, 7) is 1.73. The highest BCUT2D eigenvalue weighted by atomic mass is 32.1. The molecule has 0 radical (unpaired) electrons. The van der Waals surface area contributed by atoms with Gasteiger partial charge in [-0.3, -0.25) is 19.3 Å². The smallest absolute Gasteiger partial charge is 0.286 e. The van der Waals surface area contributed by atoms with Gasteiger partial charge in [-0.15, -0.1) is 11.3 Å². The fraction of sp³-hybridized carbons (Fsp3) is 0.125. The van der Waals surface area contributed by atoms with Crippen LogP contribution in [0.5, 0.6) is 0 Å². The maximum absolute atomic E-state index is 11.8. The minimum atomic E-state index is -0.620. The molecule has 0 saturated carbocycles. The van der Waals surface area contributed by atoms with Crippen molar-refractivity contribution in [1.82, 2.24) is 25.0 Å². The van der Waals surface area contributed by atoms with Crippen LogP contribution in [0.4, 0.5) is 4.79 Å². The number of amides is 3. The molecule has 0 bridgehead atoms. The van der Waals surface area contributed by atoms with E-state index in [1.807, 2.05) is 10.1 Å². The van der Waals surface area contributed by atoms with Crippen LogP contribution in [-0.2, 0) is 0 Å². The predicted octanol–water partition coefficient (Wildman–Crippen LogP) is 0.493. The van der Waals surface area contributed by atoms with Crippen LogP contribution >= 0.6 is 24.2 Å². The maximum atomic E-state index is 11.8. The van der Waals surface area contributed by atoms with Gasteiger partial charge in [0.05, 0.1) is 5.69 Å². The number of aryl methyl sites for hydroxylation is 1.